The van der Waals surface area contributed by atoms with E-state index in [2.05, 4.69) is 11.2 Å². The Hall–Kier alpha value is -1.01. The van der Waals surface area contributed by atoms with E-state index in [-0.39, 0.29) is 0 Å². The lowest BCUT2D eigenvalue weighted by molar-refractivity contribution is 0.627. The van der Waals surface area contributed by atoms with E-state index in [1.54, 1.807) is 4.68 Å². The van der Waals surface area contributed by atoms with E-state index < -0.39 is 0 Å². The highest BCUT2D eigenvalue weighted by Gasteiger charge is 2.10. The molecule has 0 saturated carbocycles. The molecule has 1 heterocycles. The number of nitrogens with zero attached hydrogens (tertiary/aromatic N) is 3. The summed E-state index contributed by atoms with van der Waals surface area (Å²) in [6.07, 6.45) is 0.327. The van der Waals surface area contributed by atoms with Crippen LogP contribution >= 0.6 is 11.6 Å². The lowest BCUT2D eigenvalue weighted by Crippen LogP contribution is -2.01. The molecule has 0 aromatic carbocycles. The summed E-state index contributed by atoms with van der Waals surface area (Å²) >= 11 is 5.94. The maximum atomic E-state index is 8.52. The Morgan fingerprint density at radius 2 is 2.33 bits per heavy atom. The Labute approximate surface area is 76.6 Å². The van der Waals surface area contributed by atoms with Gasteiger partial charge in [-0.2, -0.15) is 10.4 Å². The van der Waals surface area contributed by atoms with Gasteiger partial charge in [-0.25, -0.2) is 0 Å². The van der Waals surface area contributed by atoms with Crippen LogP contribution in [0.25, 0.3) is 0 Å². The van der Waals surface area contributed by atoms with Gasteiger partial charge in [0.1, 0.15) is 0 Å². The Bertz CT molecular complexity index is 322. The smallest absolute Gasteiger partial charge is 0.0857 e. The number of hydrogen-bond acceptors (Lipinski definition) is 2. The molecule has 1 aromatic heterocycles. The van der Waals surface area contributed by atoms with Gasteiger partial charge in [-0.3, -0.25) is 4.68 Å². The van der Waals surface area contributed by atoms with Gasteiger partial charge in [-0.15, -0.1) is 0 Å². The lowest BCUT2D eigenvalue weighted by Gasteiger charge is -1.98. The van der Waals surface area contributed by atoms with Gasteiger partial charge in [-0.1, -0.05) is 11.6 Å². The molecule has 3 nitrogen and oxygen atoms in total. The Kier molecular flexibility index (Phi) is 2.72. The average molecular weight is 184 g/mol. The summed E-state index contributed by atoms with van der Waals surface area (Å²) in [6, 6.07) is 2.07. The third-order valence-electron chi connectivity index (χ3n) is 1.70. The lowest BCUT2D eigenvalue weighted by atomic mass is 10.3. The van der Waals surface area contributed by atoms with Crippen LogP contribution < -0.4 is 0 Å². The standard InChI is InChI=1S/C8H10ClN3/c1-3-12-7(4-5-10)8(9)6(2)11-12/h3-4H2,1-2H3. The molecule has 64 valence electrons. The van der Waals surface area contributed by atoms with Crippen LogP contribution in [0.3, 0.4) is 0 Å². The molecule has 4 heteroatoms. The van der Waals surface area contributed by atoms with Crippen molar-refractivity contribution in [2.45, 2.75) is 26.8 Å². The summed E-state index contributed by atoms with van der Waals surface area (Å²) in [7, 11) is 0. The van der Waals surface area contributed by atoms with E-state index in [4.69, 9.17) is 16.9 Å². The molecule has 0 radical (unpaired) electrons. The van der Waals surface area contributed by atoms with Gasteiger partial charge in [0.15, 0.2) is 0 Å². The molecule has 0 atom stereocenters. The predicted octanol–water partition coefficient (Wildman–Crippen LogP) is 1.93. The first-order valence-electron chi connectivity index (χ1n) is 3.79. The van der Waals surface area contributed by atoms with Crippen molar-refractivity contribution in [1.82, 2.24) is 9.78 Å². The molecule has 0 aliphatic carbocycles. The van der Waals surface area contributed by atoms with Crippen molar-refractivity contribution in [1.29, 1.82) is 5.26 Å². The monoisotopic (exact) mass is 183 g/mol. The number of nitriles is 1. The van der Waals surface area contributed by atoms with Gasteiger partial charge in [0, 0.05) is 6.54 Å². The molecule has 0 fully saturated rings. The third kappa shape index (κ3) is 1.44. The number of aryl methyl sites for hydroxylation is 2. The highest BCUT2D eigenvalue weighted by Crippen LogP contribution is 2.20. The molecule has 1 rings (SSSR count). The Morgan fingerprint density at radius 1 is 1.67 bits per heavy atom. The van der Waals surface area contributed by atoms with Gasteiger partial charge in [0.2, 0.25) is 0 Å². The molecule has 1 aromatic rings. The zero-order valence-electron chi connectivity index (χ0n) is 7.13. The fraction of sp³-hybridized carbons (Fsp3) is 0.500. The minimum absolute atomic E-state index is 0.327. The fourth-order valence-electron chi connectivity index (χ4n) is 1.11. The minimum atomic E-state index is 0.327. The van der Waals surface area contributed by atoms with E-state index >= 15 is 0 Å². The average Bonchev–Trinajstić information content (AvgIpc) is 2.33. The van der Waals surface area contributed by atoms with E-state index in [0.717, 1.165) is 17.9 Å². The SMILES string of the molecule is CCn1nc(C)c(Cl)c1CC#N. The molecule has 0 N–H and O–H groups in total. The van der Waals surface area contributed by atoms with Crippen molar-refractivity contribution < 1.29 is 0 Å². The Balaban J connectivity index is 3.14. The van der Waals surface area contributed by atoms with E-state index in [1.807, 2.05) is 13.8 Å². The van der Waals surface area contributed by atoms with Crippen LogP contribution in [-0.2, 0) is 13.0 Å². The zero-order chi connectivity index (χ0) is 9.14. The second kappa shape index (κ2) is 3.59. The highest BCUT2D eigenvalue weighted by atomic mass is 35.5. The second-order valence-electron chi connectivity index (χ2n) is 2.50. The number of rotatable bonds is 2. The molecular weight excluding hydrogens is 174 g/mol. The Morgan fingerprint density at radius 3 is 2.83 bits per heavy atom. The van der Waals surface area contributed by atoms with E-state index in [1.165, 1.54) is 0 Å². The molecular formula is C8H10ClN3. The topological polar surface area (TPSA) is 41.6 Å². The van der Waals surface area contributed by atoms with Crippen molar-refractivity contribution >= 4 is 11.6 Å². The van der Waals surface area contributed by atoms with Crippen molar-refractivity contribution in [3.05, 3.63) is 16.4 Å². The van der Waals surface area contributed by atoms with Gasteiger partial charge >= 0.3 is 0 Å². The summed E-state index contributed by atoms with van der Waals surface area (Å²) in [6.45, 7) is 4.57. The van der Waals surface area contributed by atoms with Crippen molar-refractivity contribution in [2.24, 2.45) is 0 Å². The van der Waals surface area contributed by atoms with Crippen molar-refractivity contribution in [2.75, 3.05) is 0 Å². The number of aromatic nitrogens is 2. The first kappa shape index (κ1) is 9.08. The largest absolute Gasteiger partial charge is 0.267 e. The molecule has 0 bridgehead atoms. The first-order chi connectivity index (χ1) is 5.70. The molecule has 0 saturated heterocycles. The second-order valence-corrected chi connectivity index (χ2v) is 2.87. The third-order valence-corrected chi connectivity index (χ3v) is 2.19. The van der Waals surface area contributed by atoms with Crippen LogP contribution in [0.2, 0.25) is 5.02 Å². The van der Waals surface area contributed by atoms with Crippen molar-refractivity contribution in [3.63, 3.8) is 0 Å². The van der Waals surface area contributed by atoms with Gasteiger partial charge < -0.3 is 0 Å². The summed E-state index contributed by atoms with van der Waals surface area (Å²) in [4.78, 5) is 0. The van der Waals surface area contributed by atoms with Crippen LogP contribution in [0.15, 0.2) is 0 Å². The zero-order valence-corrected chi connectivity index (χ0v) is 7.89. The molecule has 0 aliphatic heterocycles. The molecule has 0 unspecified atom stereocenters. The molecule has 0 amide bonds. The van der Waals surface area contributed by atoms with Crippen LogP contribution in [-0.4, -0.2) is 9.78 Å². The predicted molar refractivity (Wildman–Crippen MR) is 47.0 cm³/mol. The van der Waals surface area contributed by atoms with Gasteiger partial charge in [-0.05, 0) is 13.8 Å². The van der Waals surface area contributed by atoms with Crippen LogP contribution in [0, 0.1) is 18.3 Å². The number of hydrogen-bond donors (Lipinski definition) is 0. The maximum absolute atomic E-state index is 8.52. The van der Waals surface area contributed by atoms with Crippen molar-refractivity contribution in [3.8, 4) is 6.07 Å². The molecule has 0 spiro atoms. The summed E-state index contributed by atoms with van der Waals surface area (Å²) in [5.74, 6) is 0. The molecule has 0 aliphatic rings. The number of halogens is 1. The first-order valence-corrected chi connectivity index (χ1v) is 4.17. The van der Waals surface area contributed by atoms with E-state index in [9.17, 15) is 0 Å². The quantitative estimate of drug-likeness (QED) is 0.703. The summed E-state index contributed by atoms with van der Waals surface area (Å²) < 4.78 is 1.76. The highest BCUT2D eigenvalue weighted by molar-refractivity contribution is 6.31. The fourth-order valence-corrected chi connectivity index (χ4v) is 1.31. The van der Waals surface area contributed by atoms with Gasteiger partial charge in [0.25, 0.3) is 0 Å². The maximum Gasteiger partial charge on any atom is 0.0857 e. The minimum Gasteiger partial charge on any atom is -0.267 e. The van der Waals surface area contributed by atoms with Crippen LogP contribution in [0.4, 0.5) is 0 Å². The van der Waals surface area contributed by atoms with Crippen LogP contribution in [0.1, 0.15) is 18.3 Å². The normalized spacial score (nSPS) is 9.83. The van der Waals surface area contributed by atoms with E-state index in [0.29, 0.717) is 11.4 Å². The summed E-state index contributed by atoms with van der Waals surface area (Å²) in [5.41, 5.74) is 1.61. The summed E-state index contributed by atoms with van der Waals surface area (Å²) in [5, 5.41) is 13.3. The van der Waals surface area contributed by atoms with Gasteiger partial charge in [0.05, 0.1) is 28.9 Å². The molecule has 12 heavy (non-hydrogen) atoms. The van der Waals surface area contributed by atoms with Crippen LogP contribution in [0.5, 0.6) is 0 Å².